The van der Waals surface area contributed by atoms with Crippen LogP contribution in [0.25, 0.3) is 0 Å². The average molecular weight is 608 g/mol. The first-order chi connectivity index (χ1) is 20.2. The monoisotopic (exact) mass is 607 g/mol. The number of carbonyl (C=O) groups is 5. The topological polar surface area (TPSA) is 290 Å². The Bertz CT molecular complexity index is 1110. The van der Waals surface area contributed by atoms with Gasteiger partial charge in [-0.2, -0.15) is 0 Å². The second kappa shape index (κ2) is 18.9. The molecular weight excluding hydrogens is 562 g/mol. The molecule has 1 rings (SSSR count). The molecule has 0 spiro atoms. The number of phenols is 1. The second-order valence-corrected chi connectivity index (χ2v) is 10.1. The third-order valence-corrected chi connectivity index (χ3v) is 6.38. The highest BCUT2D eigenvalue weighted by Gasteiger charge is 2.29. The van der Waals surface area contributed by atoms with Crippen molar-refractivity contribution in [2.75, 3.05) is 13.1 Å². The largest absolute Gasteiger partial charge is 0.508 e. The standard InChI is InChI=1S/C27H45N9O7/c1-15(33-24(40)19(29)6-3-4-12-28)23(39)36-21(14-17-8-10-18(37)11-9-17)25(41)34-16(2)22(38)35-20(26(42)43)7-5-13-32-27(30)31/h8-11,15-16,19-21,37H,3-7,12-14,28-29H2,1-2H3,(H,33,40)(H,34,41)(H,35,38)(H,36,39)(H,42,43)(H4,30,31,32)/t15-,16-,19-,20-,21-/m0/s1. The van der Waals surface area contributed by atoms with Crippen LogP contribution in [0.2, 0.25) is 0 Å². The van der Waals surface area contributed by atoms with Crippen molar-refractivity contribution in [3.05, 3.63) is 29.8 Å². The Morgan fingerprint density at radius 3 is 1.88 bits per heavy atom. The normalized spacial score (nSPS) is 14.2. The van der Waals surface area contributed by atoms with Crippen LogP contribution < -0.4 is 44.2 Å². The number of amides is 4. The van der Waals surface area contributed by atoms with E-state index in [1.807, 2.05) is 0 Å². The van der Waals surface area contributed by atoms with Crippen molar-refractivity contribution in [1.29, 1.82) is 0 Å². The molecule has 0 aliphatic heterocycles. The lowest BCUT2D eigenvalue weighted by atomic mass is 10.0. The zero-order valence-electron chi connectivity index (χ0n) is 24.5. The van der Waals surface area contributed by atoms with Crippen molar-refractivity contribution in [2.24, 2.45) is 27.9 Å². The van der Waals surface area contributed by atoms with Gasteiger partial charge in [0, 0.05) is 13.0 Å². The summed E-state index contributed by atoms with van der Waals surface area (Å²) in [5.41, 5.74) is 22.4. The van der Waals surface area contributed by atoms with Crippen LogP contribution in [0, 0.1) is 0 Å². The van der Waals surface area contributed by atoms with E-state index in [1.165, 1.54) is 26.0 Å². The first-order valence-corrected chi connectivity index (χ1v) is 14.0. The number of nitrogens with one attached hydrogen (secondary N) is 4. The molecule has 0 heterocycles. The fourth-order valence-corrected chi connectivity index (χ4v) is 3.84. The molecule has 0 aliphatic rings. The Hall–Kier alpha value is -4.44. The number of benzene rings is 1. The molecule has 0 bridgehead atoms. The van der Waals surface area contributed by atoms with Crippen molar-refractivity contribution in [3.8, 4) is 5.75 Å². The van der Waals surface area contributed by atoms with Crippen molar-refractivity contribution in [3.63, 3.8) is 0 Å². The molecule has 14 N–H and O–H groups in total. The van der Waals surface area contributed by atoms with Crippen LogP contribution in [0.4, 0.5) is 0 Å². The van der Waals surface area contributed by atoms with Crippen LogP contribution in [0.3, 0.4) is 0 Å². The van der Waals surface area contributed by atoms with E-state index in [2.05, 4.69) is 26.3 Å². The lowest BCUT2D eigenvalue weighted by molar-refractivity contribution is -0.142. The Morgan fingerprint density at radius 2 is 1.35 bits per heavy atom. The summed E-state index contributed by atoms with van der Waals surface area (Å²) in [6, 6.07) is 0.450. The maximum Gasteiger partial charge on any atom is 0.326 e. The first-order valence-electron chi connectivity index (χ1n) is 14.0. The minimum atomic E-state index is -1.27. The lowest BCUT2D eigenvalue weighted by Crippen LogP contribution is -2.58. The van der Waals surface area contributed by atoms with Gasteiger partial charge in [-0.25, -0.2) is 4.79 Å². The number of unbranched alkanes of at least 4 members (excludes halogenated alkanes) is 1. The smallest absolute Gasteiger partial charge is 0.326 e. The van der Waals surface area contributed by atoms with Gasteiger partial charge in [-0.3, -0.25) is 24.2 Å². The lowest BCUT2D eigenvalue weighted by Gasteiger charge is -2.24. The van der Waals surface area contributed by atoms with Gasteiger partial charge in [-0.15, -0.1) is 0 Å². The van der Waals surface area contributed by atoms with Gasteiger partial charge in [0.15, 0.2) is 5.96 Å². The van der Waals surface area contributed by atoms with Crippen molar-refractivity contribution < 1.29 is 34.2 Å². The van der Waals surface area contributed by atoms with Crippen LogP contribution in [-0.2, 0) is 30.4 Å². The zero-order chi connectivity index (χ0) is 32.5. The number of carbonyl (C=O) groups excluding carboxylic acids is 4. The summed E-state index contributed by atoms with van der Waals surface area (Å²) >= 11 is 0. The number of hydrogen-bond donors (Lipinski definition) is 10. The Kier molecular flexibility index (Phi) is 16.1. The number of phenolic OH excluding ortho intramolecular Hbond substituents is 1. The molecule has 0 saturated carbocycles. The molecule has 0 radical (unpaired) electrons. The summed E-state index contributed by atoms with van der Waals surface area (Å²) in [7, 11) is 0. The number of guanidine groups is 1. The number of carboxylic acid groups (broad SMARTS) is 1. The SMILES string of the molecule is C[C@H](NC(=O)[C@H](Cc1ccc(O)cc1)NC(=O)[C@H](C)NC(=O)[C@@H](N)CCCCN)C(=O)N[C@@H](CCCN=C(N)N)C(=O)O. The van der Waals surface area contributed by atoms with Crippen molar-refractivity contribution >= 4 is 35.6 Å². The summed E-state index contributed by atoms with van der Waals surface area (Å²) in [5.74, 6) is -4.11. The number of aliphatic carboxylic acids is 1. The fourth-order valence-electron chi connectivity index (χ4n) is 3.84. The molecule has 1 aromatic rings. The van der Waals surface area contributed by atoms with E-state index in [1.54, 1.807) is 12.1 Å². The number of carboxylic acids is 1. The third kappa shape index (κ3) is 14.3. The van der Waals surface area contributed by atoms with Gasteiger partial charge in [-0.1, -0.05) is 18.6 Å². The van der Waals surface area contributed by atoms with Gasteiger partial charge in [0.25, 0.3) is 0 Å². The minimum Gasteiger partial charge on any atom is -0.508 e. The summed E-state index contributed by atoms with van der Waals surface area (Å²) in [5, 5.41) is 29.0. The fraction of sp³-hybridized carbons (Fsp3) is 0.556. The number of aliphatic imine (C=N–C) groups is 1. The van der Waals surface area contributed by atoms with Gasteiger partial charge in [0.2, 0.25) is 23.6 Å². The Morgan fingerprint density at radius 1 is 0.791 bits per heavy atom. The molecule has 0 aliphatic carbocycles. The molecular formula is C27H45N9O7. The van der Waals surface area contributed by atoms with E-state index < -0.39 is 59.8 Å². The predicted octanol–water partition coefficient (Wildman–Crippen LogP) is -2.49. The predicted molar refractivity (Wildman–Crippen MR) is 159 cm³/mol. The van der Waals surface area contributed by atoms with E-state index in [-0.39, 0.29) is 37.5 Å². The number of aromatic hydroxyl groups is 1. The molecule has 0 fully saturated rings. The van der Waals surface area contributed by atoms with E-state index >= 15 is 0 Å². The maximum absolute atomic E-state index is 13.2. The number of rotatable bonds is 19. The van der Waals surface area contributed by atoms with Crippen LogP contribution in [-0.4, -0.2) is 89.1 Å². The molecule has 43 heavy (non-hydrogen) atoms. The number of hydrogen-bond acceptors (Lipinski definition) is 9. The molecule has 16 heteroatoms. The third-order valence-electron chi connectivity index (χ3n) is 6.38. The molecule has 4 amide bonds. The minimum absolute atomic E-state index is 0.00417. The number of nitrogens with two attached hydrogens (primary N) is 4. The molecule has 0 aromatic heterocycles. The molecule has 1 aromatic carbocycles. The summed E-state index contributed by atoms with van der Waals surface area (Å²) in [6.07, 6.45) is 2.05. The van der Waals surface area contributed by atoms with Crippen LogP contribution in [0.1, 0.15) is 51.5 Å². The average Bonchev–Trinajstić information content (AvgIpc) is 2.94. The highest BCUT2D eigenvalue weighted by molar-refractivity contribution is 5.95. The second-order valence-electron chi connectivity index (χ2n) is 10.1. The van der Waals surface area contributed by atoms with Gasteiger partial charge in [-0.05, 0) is 63.8 Å². The molecule has 0 unspecified atom stereocenters. The van der Waals surface area contributed by atoms with Crippen LogP contribution >= 0.6 is 0 Å². The van der Waals surface area contributed by atoms with Gasteiger partial charge < -0.3 is 54.4 Å². The first kappa shape index (κ1) is 36.6. The summed E-state index contributed by atoms with van der Waals surface area (Å²) in [4.78, 5) is 66.7. The molecule has 16 nitrogen and oxygen atoms in total. The van der Waals surface area contributed by atoms with Gasteiger partial charge >= 0.3 is 5.97 Å². The Labute approximate surface area is 250 Å². The van der Waals surface area contributed by atoms with Crippen molar-refractivity contribution in [2.45, 2.75) is 82.6 Å². The molecule has 5 atom stereocenters. The summed E-state index contributed by atoms with van der Waals surface area (Å²) in [6.45, 7) is 3.44. The highest BCUT2D eigenvalue weighted by Crippen LogP contribution is 2.12. The van der Waals surface area contributed by atoms with Crippen LogP contribution in [0.5, 0.6) is 5.75 Å². The van der Waals surface area contributed by atoms with Gasteiger partial charge in [0.05, 0.1) is 6.04 Å². The molecule has 240 valence electrons. The highest BCUT2D eigenvalue weighted by atomic mass is 16.4. The Balaban J connectivity index is 2.91. The van der Waals surface area contributed by atoms with Crippen LogP contribution in [0.15, 0.2) is 29.3 Å². The molecule has 0 saturated heterocycles. The zero-order valence-corrected chi connectivity index (χ0v) is 24.5. The van der Waals surface area contributed by atoms with E-state index in [0.29, 0.717) is 31.4 Å². The van der Waals surface area contributed by atoms with E-state index in [0.717, 1.165) is 0 Å². The quantitative estimate of drug-likeness (QED) is 0.0446. The number of nitrogens with zero attached hydrogens (tertiary/aromatic N) is 1. The van der Waals surface area contributed by atoms with E-state index in [4.69, 9.17) is 22.9 Å². The van der Waals surface area contributed by atoms with Crippen molar-refractivity contribution in [1.82, 2.24) is 21.3 Å². The van der Waals surface area contributed by atoms with E-state index in [9.17, 15) is 34.2 Å². The van der Waals surface area contributed by atoms with Gasteiger partial charge in [0.1, 0.15) is 29.9 Å². The maximum atomic E-state index is 13.2. The summed E-state index contributed by atoms with van der Waals surface area (Å²) < 4.78 is 0.